The van der Waals surface area contributed by atoms with Crippen LogP contribution in [0.4, 0.5) is 10.5 Å². The molecule has 144 valence electrons. The molecule has 0 atom stereocenters. The summed E-state index contributed by atoms with van der Waals surface area (Å²) in [5.41, 5.74) is 5.59. The van der Waals surface area contributed by atoms with E-state index in [1.165, 1.54) is 11.1 Å². The van der Waals surface area contributed by atoms with E-state index in [-0.39, 0.29) is 12.1 Å². The van der Waals surface area contributed by atoms with Gasteiger partial charge in [-0.1, -0.05) is 41.4 Å². The molecule has 1 aliphatic rings. The minimum atomic E-state index is -0.110. The molecule has 0 spiro atoms. The van der Waals surface area contributed by atoms with Gasteiger partial charge in [0.2, 0.25) is 0 Å². The molecule has 0 radical (unpaired) electrons. The van der Waals surface area contributed by atoms with Gasteiger partial charge in [-0.3, -0.25) is 4.90 Å². The van der Waals surface area contributed by atoms with Gasteiger partial charge in [0.05, 0.1) is 0 Å². The van der Waals surface area contributed by atoms with E-state index in [0.29, 0.717) is 0 Å². The van der Waals surface area contributed by atoms with Gasteiger partial charge in [-0.15, -0.1) is 0 Å². The molecule has 2 amide bonds. The Hall–Kier alpha value is -2.04. The summed E-state index contributed by atoms with van der Waals surface area (Å²) in [4.78, 5) is 14.9. The number of nitrogens with one attached hydrogen (secondary N) is 2. The minimum absolute atomic E-state index is 0.110. The number of carbonyl (C=O) groups is 1. The van der Waals surface area contributed by atoms with Crippen LogP contribution in [-0.2, 0) is 6.54 Å². The first-order valence-corrected chi connectivity index (χ1v) is 9.90. The van der Waals surface area contributed by atoms with E-state index in [4.69, 9.17) is 11.6 Å². The third kappa shape index (κ3) is 5.47. The van der Waals surface area contributed by atoms with Crippen LogP contribution in [0.15, 0.2) is 36.4 Å². The van der Waals surface area contributed by atoms with Gasteiger partial charge in [-0.2, -0.15) is 0 Å². The second-order valence-corrected chi connectivity index (χ2v) is 7.99. The summed E-state index contributed by atoms with van der Waals surface area (Å²) in [5, 5.41) is 6.94. The molecule has 0 aliphatic carbocycles. The molecule has 2 aromatic carbocycles. The summed E-state index contributed by atoms with van der Waals surface area (Å²) in [6.07, 6.45) is 1.93. The van der Waals surface area contributed by atoms with E-state index >= 15 is 0 Å². The van der Waals surface area contributed by atoms with Crippen LogP contribution in [-0.4, -0.2) is 30.1 Å². The summed E-state index contributed by atoms with van der Waals surface area (Å²) in [6.45, 7) is 9.03. The van der Waals surface area contributed by atoms with Crippen LogP contribution in [0, 0.1) is 20.8 Å². The molecule has 1 fully saturated rings. The number of amides is 2. The standard InChI is InChI=1S/C22H28ClN3O/c1-15-12-16(2)21(17(3)13-15)25-22(27)24-20-8-10-26(11-9-20)14-18-4-6-19(23)7-5-18/h4-7,12-13,20H,8-11,14H2,1-3H3,(H2,24,25,27). The van der Waals surface area contributed by atoms with E-state index in [1.54, 1.807) is 0 Å². The Labute approximate surface area is 166 Å². The first-order valence-electron chi connectivity index (χ1n) is 9.53. The Morgan fingerprint density at radius 3 is 2.26 bits per heavy atom. The number of rotatable bonds is 4. The van der Waals surface area contributed by atoms with Crippen LogP contribution in [0.2, 0.25) is 5.02 Å². The number of hydrogen-bond acceptors (Lipinski definition) is 2. The highest BCUT2D eigenvalue weighted by Gasteiger charge is 2.21. The largest absolute Gasteiger partial charge is 0.335 e. The molecule has 0 aromatic heterocycles. The van der Waals surface area contributed by atoms with Crippen molar-refractivity contribution in [2.75, 3.05) is 18.4 Å². The highest BCUT2D eigenvalue weighted by Crippen LogP contribution is 2.22. The number of anilines is 1. The molecule has 1 saturated heterocycles. The third-order valence-corrected chi connectivity index (χ3v) is 5.41. The van der Waals surface area contributed by atoms with Crippen molar-refractivity contribution in [1.29, 1.82) is 0 Å². The monoisotopic (exact) mass is 385 g/mol. The number of nitrogens with zero attached hydrogens (tertiary/aromatic N) is 1. The average Bonchev–Trinajstić information content (AvgIpc) is 2.62. The first kappa shape index (κ1) is 19.7. The number of aryl methyl sites for hydroxylation is 3. The molecular weight excluding hydrogens is 358 g/mol. The lowest BCUT2D eigenvalue weighted by atomic mass is 10.0. The summed E-state index contributed by atoms with van der Waals surface area (Å²) in [6, 6.07) is 12.3. The Morgan fingerprint density at radius 2 is 1.67 bits per heavy atom. The summed E-state index contributed by atoms with van der Waals surface area (Å²) in [7, 11) is 0. The summed E-state index contributed by atoms with van der Waals surface area (Å²) in [5.74, 6) is 0. The molecular formula is C22H28ClN3O. The number of likely N-dealkylation sites (tertiary alicyclic amines) is 1. The van der Waals surface area contributed by atoms with Gasteiger partial charge < -0.3 is 10.6 Å². The smallest absolute Gasteiger partial charge is 0.319 e. The molecule has 4 nitrogen and oxygen atoms in total. The van der Waals surface area contributed by atoms with E-state index < -0.39 is 0 Å². The average molecular weight is 386 g/mol. The van der Waals surface area contributed by atoms with Crippen molar-refractivity contribution in [3.05, 3.63) is 63.7 Å². The van der Waals surface area contributed by atoms with Gasteiger partial charge in [0.25, 0.3) is 0 Å². The number of hydrogen-bond donors (Lipinski definition) is 2. The first-order chi connectivity index (χ1) is 12.9. The van der Waals surface area contributed by atoms with Crippen molar-refractivity contribution >= 4 is 23.3 Å². The van der Waals surface area contributed by atoms with Gasteiger partial charge >= 0.3 is 6.03 Å². The quantitative estimate of drug-likeness (QED) is 0.773. The predicted molar refractivity (Wildman–Crippen MR) is 113 cm³/mol. The molecule has 27 heavy (non-hydrogen) atoms. The summed E-state index contributed by atoms with van der Waals surface area (Å²) >= 11 is 5.95. The molecule has 2 N–H and O–H groups in total. The van der Waals surface area contributed by atoms with Crippen LogP contribution < -0.4 is 10.6 Å². The normalized spacial score (nSPS) is 15.6. The van der Waals surface area contributed by atoms with Crippen LogP contribution >= 0.6 is 11.6 Å². The minimum Gasteiger partial charge on any atom is -0.335 e. The van der Waals surface area contributed by atoms with E-state index in [1.807, 2.05) is 26.0 Å². The lowest BCUT2D eigenvalue weighted by Gasteiger charge is -2.32. The van der Waals surface area contributed by atoms with Gasteiger partial charge in [-0.25, -0.2) is 4.79 Å². The van der Waals surface area contributed by atoms with Gasteiger partial charge in [-0.05, 0) is 62.4 Å². The molecule has 5 heteroatoms. The molecule has 2 aromatic rings. The number of urea groups is 1. The molecule has 3 rings (SSSR count). The Kier molecular flexibility index (Phi) is 6.40. The van der Waals surface area contributed by atoms with Gasteiger partial charge in [0, 0.05) is 36.4 Å². The fourth-order valence-electron chi connectivity index (χ4n) is 3.80. The lowest BCUT2D eigenvalue weighted by molar-refractivity contribution is 0.190. The third-order valence-electron chi connectivity index (χ3n) is 5.16. The van der Waals surface area contributed by atoms with Crippen molar-refractivity contribution in [1.82, 2.24) is 10.2 Å². The molecule has 1 heterocycles. The Bertz CT molecular complexity index is 773. The van der Waals surface area contributed by atoms with Crippen LogP contribution in [0.1, 0.15) is 35.1 Å². The fraction of sp³-hybridized carbons (Fsp3) is 0.409. The Morgan fingerprint density at radius 1 is 1.07 bits per heavy atom. The maximum atomic E-state index is 12.4. The second kappa shape index (κ2) is 8.77. The topological polar surface area (TPSA) is 44.4 Å². The number of piperidine rings is 1. The van der Waals surface area contributed by atoms with E-state index in [2.05, 4.69) is 46.7 Å². The zero-order valence-electron chi connectivity index (χ0n) is 16.3. The van der Waals surface area contributed by atoms with E-state index in [0.717, 1.165) is 54.3 Å². The molecule has 1 aliphatic heterocycles. The lowest BCUT2D eigenvalue weighted by Crippen LogP contribution is -2.45. The highest BCUT2D eigenvalue weighted by atomic mass is 35.5. The van der Waals surface area contributed by atoms with Gasteiger partial charge in [0.1, 0.15) is 0 Å². The number of benzene rings is 2. The van der Waals surface area contributed by atoms with Crippen molar-refractivity contribution in [2.45, 2.75) is 46.2 Å². The van der Waals surface area contributed by atoms with Crippen molar-refractivity contribution in [2.24, 2.45) is 0 Å². The van der Waals surface area contributed by atoms with Crippen LogP contribution in [0.5, 0.6) is 0 Å². The zero-order chi connectivity index (χ0) is 19.4. The zero-order valence-corrected chi connectivity index (χ0v) is 17.1. The number of halogens is 1. The second-order valence-electron chi connectivity index (χ2n) is 7.55. The van der Waals surface area contributed by atoms with Crippen LogP contribution in [0.3, 0.4) is 0 Å². The van der Waals surface area contributed by atoms with Crippen LogP contribution in [0.25, 0.3) is 0 Å². The maximum Gasteiger partial charge on any atom is 0.319 e. The Balaban J connectivity index is 1.47. The van der Waals surface area contributed by atoms with Gasteiger partial charge in [0.15, 0.2) is 0 Å². The maximum absolute atomic E-state index is 12.4. The predicted octanol–water partition coefficient (Wildman–Crippen LogP) is 5.05. The number of carbonyl (C=O) groups excluding carboxylic acids is 1. The fourth-order valence-corrected chi connectivity index (χ4v) is 3.92. The van der Waals surface area contributed by atoms with E-state index in [9.17, 15) is 4.79 Å². The van der Waals surface area contributed by atoms with Crippen molar-refractivity contribution in [3.63, 3.8) is 0 Å². The summed E-state index contributed by atoms with van der Waals surface area (Å²) < 4.78 is 0. The van der Waals surface area contributed by atoms with Crippen molar-refractivity contribution < 1.29 is 4.79 Å². The molecule has 0 bridgehead atoms. The van der Waals surface area contributed by atoms with Crippen molar-refractivity contribution in [3.8, 4) is 0 Å². The molecule has 0 unspecified atom stereocenters. The highest BCUT2D eigenvalue weighted by molar-refractivity contribution is 6.30. The SMILES string of the molecule is Cc1cc(C)c(NC(=O)NC2CCN(Cc3ccc(Cl)cc3)CC2)c(C)c1. The molecule has 0 saturated carbocycles.